The molecule has 0 radical (unpaired) electrons. The van der Waals surface area contributed by atoms with Crippen LogP contribution in [0.15, 0.2) is 0 Å². The van der Waals surface area contributed by atoms with Gasteiger partial charge in [0.05, 0.1) is 0 Å². The van der Waals surface area contributed by atoms with Gasteiger partial charge in [-0.2, -0.15) is 0 Å². The summed E-state index contributed by atoms with van der Waals surface area (Å²) in [6.07, 6.45) is 2.69. The Morgan fingerprint density at radius 2 is 2.00 bits per heavy atom. The van der Waals surface area contributed by atoms with Gasteiger partial charge < -0.3 is 10.6 Å². The number of fused-ring (bicyclic) bond motifs is 2. The van der Waals surface area contributed by atoms with E-state index in [0.717, 1.165) is 18.1 Å². The van der Waals surface area contributed by atoms with Gasteiger partial charge in [0.25, 0.3) is 0 Å². The Labute approximate surface area is 75.1 Å². The van der Waals surface area contributed by atoms with Crippen LogP contribution in [0.2, 0.25) is 0 Å². The van der Waals surface area contributed by atoms with Crippen LogP contribution < -0.4 is 10.6 Å². The van der Waals surface area contributed by atoms with Crippen molar-refractivity contribution in [1.82, 2.24) is 10.6 Å². The lowest BCUT2D eigenvalue weighted by Crippen LogP contribution is -2.71. The maximum atomic E-state index is 3.61. The minimum absolute atomic E-state index is 0.460. The smallest absolute Gasteiger partial charge is 0.0239 e. The van der Waals surface area contributed by atoms with E-state index in [-0.39, 0.29) is 0 Å². The second-order valence-electron chi connectivity index (χ2n) is 5.49. The molecule has 0 aromatic carbocycles. The first-order chi connectivity index (χ1) is 5.54. The van der Waals surface area contributed by atoms with E-state index in [4.69, 9.17) is 0 Å². The second kappa shape index (κ2) is 2.71. The third-order valence-corrected chi connectivity index (χ3v) is 2.93. The summed E-state index contributed by atoms with van der Waals surface area (Å²) in [7, 11) is 0. The third-order valence-electron chi connectivity index (χ3n) is 2.93. The summed E-state index contributed by atoms with van der Waals surface area (Å²) < 4.78 is 0. The summed E-state index contributed by atoms with van der Waals surface area (Å²) in [5.41, 5.74) is 0.460. The number of piperidine rings is 1. The lowest BCUT2D eigenvalue weighted by atomic mass is 9.78. The monoisotopic (exact) mass is 168 g/mol. The van der Waals surface area contributed by atoms with Crippen molar-refractivity contribution < 1.29 is 0 Å². The van der Waals surface area contributed by atoms with Crippen molar-refractivity contribution in [2.24, 2.45) is 5.41 Å². The quantitative estimate of drug-likeness (QED) is 0.613. The molecule has 0 aliphatic carbocycles. The van der Waals surface area contributed by atoms with Crippen LogP contribution in [0.4, 0.5) is 0 Å². The van der Waals surface area contributed by atoms with Crippen molar-refractivity contribution in [3.05, 3.63) is 0 Å². The van der Waals surface area contributed by atoms with Crippen LogP contribution in [0, 0.1) is 5.41 Å². The highest BCUT2D eigenvalue weighted by atomic mass is 15.2. The van der Waals surface area contributed by atoms with Gasteiger partial charge in [-0.1, -0.05) is 20.8 Å². The largest absolute Gasteiger partial charge is 0.311 e. The van der Waals surface area contributed by atoms with Gasteiger partial charge in [-0.3, -0.25) is 0 Å². The van der Waals surface area contributed by atoms with Gasteiger partial charge in [-0.25, -0.2) is 0 Å². The molecular weight excluding hydrogens is 148 g/mol. The van der Waals surface area contributed by atoms with Gasteiger partial charge in [0.2, 0.25) is 0 Å². The Hall–Kier alpha value is -0.0800. The predicted molar refractivity (Wildman–Crippen MR) is 51.2 cm³/mol. The zero-order valence-electron chi connectivity index (χ0n) is 8.35. The Morgan fingerprint density at radius 1 is 1.33 bits per heavy atom. The van der Waals surface area contributed by atoms with E-state index in [2.05, 4.69) is 31.4 Å². The first-order valence-corrected chi connectivity index (χ1v) is 5.04. The highest BCUT2D eigenvalue weighted by molar-refractivity contribution is 5.03. The van der Waals surface area contributed by atoms with E-state index < -0.39 is 0 Å². The van der Waals surface area contributed by atoms with Crippen LogP contribution in [0.25, 0.3) is 0 Å². The van der Waals surface area contributed by atoms with E-state index in [1.54, 1.807) is 0 Å². The van der Waals surface area contributed by atoms with E-state index in [1.807, 2.05) is 0 Å². The average Bonchev–Trinajstić information content (AvgIpc) is 1.80. The van der Waals surface area contributed by atoms with Gasteiger partial charge >= 0.3 is 0 Å². The molecule has 0 amide bonds. The van der Waals surface area contributed by atoms with Gasteiger partial charge in [-0.05, 0) is 18.3 Å². The van der Waals surface area contributed by atoms with Gasteiger partial charge in [-0.15, -0.1) is 0 Å². The van der Waals surface area contributed by atoms with Crippen molar-refractivity contribution in [2.45, 2.75) is 51.7 Å². The SMILES string of the molecule is CC(C)(C)CC1NCC2CC1N2. The normalized spacial score (nSPS) is 40.8. The molecule has 3 unspecified atom stereocenters. The zero-order chi connectivity index (χ0) is 8.77. The molecule has 0 aromatic heterocycles. The van der Waals surface area contributed by atoms with Gasteiger partial charge in [0, 0.05) is 24.7 Å². The standard InChI is InChI=1S/C10H20N2/c1-10(2,3)5-9-8-4-7(12-8)6-11-9/h7-9,11-12H,4-6H2,1-3H3. The molecule has 0 aromatic rings. The molecule has 3 atom stereocenters. The zero-order valence-corrected chi connectivity index (χ0v) is 8.35. The highest BCUT2D eigenvalue weighted by Crippen LogP contribution is 2.29. The molecule has 3 fully saturated rings. The van der Waals surface area contributed by atoms with E-state index in [1.165, 1.54) is 19.4 Å². The number of piperazine rings is 1. The molecule has 70 valence electrons. The fourth-order valence-corrected chi connectivity index (χ4v) is 2.32. The van der Waals surface area contributed by atoms with Crippen LogP contribution in [0.1, 0.15) is 33.6 Å². The predicted octanol–water partition coefficient (Wildman–Crippen LogP) is 1.12. The molecule has 3 rings (SSSR count). The molecule has 3 aliphatic rings. The molecule has 2 nitrogen and oxygen atoms in total. The molecule has 0 saturated carbocycles. The summed E-state index contributed by atoms with van der Waals surface area (Å²) in [5.74, 6) is 0. The van der Waals surface area contributed by atoms with Crippen LogP contribution in [0.5, 0.6) is 0 Å². The molecule has 3 saturated heterocycles. The molecule has 12 heavy (non-hydrogen) atoms. The van der Waals surface area contributed by atoms with Crippen LogP contribution in [0.3, 0.4) is 0 Å². The lowest BCUT2D eigenvalue weighted by molar-refractivity contribution is 0.117. The first-order valence-electron chi connectivity index (χ1n) is 5.04. The van der Waals surface area contributed by atoms with Crippen molar-refractivity contribution in [3.8, 4) is 0 Å². The molecule has 2 bridgehead atoms. The number of rotatable bonds is 1. The minimum atomic E-state index is 0.460. The Bertz CT molecular complexity index is 162. The van der Waals surface area contributed by atoms with Gasteiger partial charge in [0.15, 0.2) is 0 Å². The Balaban J connectivity index is 1.87. The fourth-order valence-electron chi connectivity index (χ4n) is 2.32. The molecule has 3 heterocycles. The van der Waals surface area contributed by atoms with Crippen molar-refractivity contribution in [2.75, 3.05) is 6.54 Å². The Kier molecular flexibility index (Phi) is 1.92. The molecule has 0 spiro atoms. The highest BCUT2D eigenvalue weighted by Gasteiger charge is 2.40. The average molecular weight is 168 g/mol. The summed E-state index contributed by atoms with van der Waals surface area (Å²) >= 11 is 0. The van der Waals surface area contributed by atoms with Crippen LogP contribution >= 0.6 is 0 Å². The second-order valence-corrected chi connectivity index (χ2v) is 5.49. The Morgan fingerprint density at radius 3 is 2.42 bits per heavy atom. The van der Waals surface area contributed by atoms with E-state index in [9.17, 15) is 0 Å². The fraction of sp³-hybridized carbons (Fsp3) is 1.00. The third kappa shape index (κ3) is 1.64. The van der Waals surface area contributed by atoms with Crippen molar-refractivity contribution >= 4 is 0 Å². The van der Waals surface area contributed by atoms with Crippen LogP contribution in [-0.2, 0) is 0 Å². The number of hydrogen-bond donors (Lipinski definition) is 2. The summed E-state index contributed by atoms with van der Waals surface area (Å²) in [6.45, 7) is 8.13. The van der Waals surface area contributed by atoms with Gasteiger partial charge in [0.1, 0.15) is 0 Å². The van der Waals surface area contributed by atoms with Crippen LogP contribution in [-0.4, -0.2) is 24.7 Å². The lowest BCUT2D eigenvalue weighted by Gasteiger charge is -2.50. The molecular formula is C10H20N2. The topological polar surface area (TPSA) is 24.1 Å². The molecule has 3 aliphatic heterocycles. The summed E-state index contributed by atoms with van der Waals surface area (Å²) in [5, 5.41) is 7.20. The minimum Gasteiger partial charge on any atom is -0.311 e. The summed E-state index contributed by atoms with van der Waals surface area (Å²) in [4.78, 5) is 0. The van der Waals surface area contributed by atoms with Crippen molar-refractivity contribution in [3.63, 3.8) is 0 Å². The van der Waals surface area contributed by atoms with E-state index in [0.29, 0.717) is 5.41 Å². The first kappa shape index (κ1) is 8.52. The number of hydrogen-bond acceptors (Lipinski definition) is 2. The molecule has 2 N–H and O–H groups in total. The maximum absolute atomic E-state index is 3.61. The molecule has 2 heteroatoms. The van der Waals surface area contributed by atoms with Crippen molar-refractivity contribution in [1.29, 1.82) is 0 Å². The van der Waals surface area contributed by atoms with E-state index >= 15 is 0 Å². The number of nitrogens with one attached hydrogen (secondary N) is 2. The maximum Gasteiger partial charge on any atom is 0.0239 e. The summed E-state index contributed by atoms with van der Waals surface area (Å²) in [6, 6.07) is 2.27.